The van der Waals surface area contributed by atoms with Gasteiger partial charge < -0.3 is 9.73 Å². The van der Waals surface area contributed by atoms with Gasteiger partial charge >= 0.3 is 0 Å². The standard InChI is InChI=1S/C16H15FN2OS/c17-13-5-3-12(4-6-13)10-18-8-7-16-19-14(11-21-16)15-2-1-9-20-15/h1-6,9,11,18H,7-8,10H2. The average Bonchev–Trinajstić information content (AvgIpc) is 3.16. The van der Waals surface area contributed by atoms with Crippen LogP contribution < -0.4 is 5.32 Å². The number of furan rings is 1. The fourth-order valence-corrected chi connectivity index (χ4v) is 2.78. The van der Waals surface area contributed by atoms with Crippen LogP contribution in [0, 0.1) is 5.82 Å². The summed E-state index contributed by atoms with van der Waals surface area (Å²) in [6, 6.07) is 10.3. The molecule has 3 nitrogen and oxygen atoms in total. The molecule has 0 saturated carbocycles. The summed E-state index contributed by atoms with van der Waals surface area (Å²) < 4.78 is 18.1. The number of rotatable bonds is 6. The van der Waals surface area contributed by atoms with Crippen molar-refractivity contribution in [1.82, 2.24) is 10.3 Å². The molecule has 1 aromatic carbocycles. The Morgan fingerprint density at radius 3 is 2.81 bits per heavy atom. The lowest BCUT2D eigenvalue weighted by Gasteiger charge is -2.03. The maximum atomic E-state index is 12.8. The average molecular weight is 302 g/mol. The number of thiazole rings is 1. The van der Waals surface area contributed by atoms with Crippen LogP contribution in [0.5, 0.6) is 0 Å². The molecule has 1 N–H and O–H groups in total. The van der Waals surface area contributed by atoms with Crippen molar-refractivity contribution in [3.63, 3.8) is 0 Å². The van der Waals surface area contributed by atoms with Gasteiger partial charge in [0.2, 0.25) is 0 Å². The summed E-state index contributed by atoms with van der Waals surface area (Å²) in [4.78, 5) is 4.54. The van der Waals surface area contributed by atoms with Gasteiger partial charge in [0.15, 0.2) is 5.76 Å². The molecule has 2 heterocycles. The van der Waals surface area contributed by atoms with Gasteiger partial charge in [-0.15, -0.1) is 11.3 Å². The lowest BCUT2D eigenvalue weighted by molar-refractivity contribution is 0.580. The van der Waals surface area contributed by atoms with Gasteiger partial charge in [-0.3, -0.25) is 0 Å². The van der Waals surface area contributed by atoms with Crippen molar-refractivity contribution in [2.24, 2.45) is 0 Å². The molecule has 108 valence electrons. The predicted octanol–water partition coefficient (Wildman–Crippen LogP) is 3.87. The van der Waals surface area contributed by atoms with Crippen molar-refractivity contribution in [3.8, 4) is 11.5 Å². The minimum atomic E-state index is -0.202. The summed E-state index contributed by atoms with van der Waals surface area (Å²) in [5.74, 6) is 0.601. The molecule has 0 amide bonds. The number of nitrogens with one attached hydrogen (secondary N) is 1. The van der Waals surface area contributed by atoms with E-state index in [-0.39, 0.29) is 5.82 Å². The van der Waals surface area contributed by atoms with Crippen LogP contribution in [-0.2, 0) is 13.0 Å². The Kier molecular flexibility index (Phi) is 4.43. The highest BCUT2D eigenvalue weighted by Crippen LogP contribution is 2.22. The third kappa shape index (κ3) is 3.77. The molecule has 0 spiro atoms. The van der Waals surface area contributed by atoms with E-state index in [4.69, 9.17) is 4.42 Å². The molecule has 0 aliphatic heterocycles. The molecule has 3 aromatic rings. The number of aromatic nitrogens is 1. The van der Waals surface area contributed by atoms with Gasteiger partial charge in [-0.2, -0.15) is 0 Å². The summed E-state index contributed by atoms with van der Waals surface area (Å²) in [5, 5.41) is 6.42. The number of hydrogen-bond donors (Lipinski definition) is 1. The summed E-state index contributed by atoms with van der Waals surface area (Å²) in [6.07, 6.45) is 2.52. The molecule has 0 bridgehead atoms. The van der Waals surface area contributed by atoms with Gasteiger partial charge in [0, 0.05) is 24.9 Å². The second kappa shape index (κ2) is 6.65. The van der Waals surface area contributed by atoms with Crippen LogP contribution in [0.4, 0.5) is 4.39 Å². The molecule has 0 radical (unpaired) electrons. The van der Waals surface area contributed by atoms with E-state index in [1.54, 1.807) is 29.7 Å². The third-order valence-electron chi connectivity index (χ3n) is 3.08. The first kappa shape index (κ1) is 14.0. The van der Waals surface area contributed by atoms with Crippen molar-refractivity contribution in [1.29, 1.82) is 0 Å². The molecule has 0 fully saturated rings. The van der Waals surface area contributed by atoms with Crippen LogP contribution >= 0.6 is 11.3 Å². The van der Waals surface area contributed by atoms with E-state index in [1.807, 2.05) is 17.5 Å². The Labute approximate surface area is 126 Å². The maximum Gasteiger partial charge on any atom is 0.153 e. The van der Waals surface area contributed by atoms with Gasteiger partial charge in [0.25, 0.3) is 0 Å². The first-order valence-electron chi connectivity index (χ1n) is 6.75. The summed E-state index contributed by atoms with van der Waals surface area (Å²) in [6.45, 7) is 1.57. The van der Waals surface area contributed by atoms with Crippen LogP contribution in [0.2, 0.25) is 0 Å². The molecule has 3 rings (SSSR count). The lowest BCUT2D eigenvalue weighted by atomic mass is 10.2. The van der Waals surface area contributed by atoms with Crippen molar-refractivity contribution in [2.45, 2.75) is 13.0 Å². The molecule has 0 unspecified atom stereocenters. The van der Waals surface area contributed by atoms with E-state index < -0.39 is 0 Å². The molecule has 2 aromatic heterocycles. The SMILES string of the molecule is Fc1ccc(CNCCc2nc(-c3ccco3)cs2)cc1. The minimum Gasteiger partial charge on any atom is -0.463 e. The second-order valence-electron chi connectivity index (χ2n) is 4.66. The highest BCUT2D eigenvalue weighted by atomic mass is 32.1. The van der Waals surface area contributed by atoms with E-state index in [0.29, 0.717) is 0 Å². The molecule has 21 heavy (non-hydrogen) atoms. The van der Waals surface area contributed by atoms with E-state index in [9.17, 15) is 4.39 Å². The van der Waals surface area contributed by atoms with Gasteiger partial charge in [-0.25, -0.2) is 9.37 Å². The Hall–Kier alpha value is -1.98. The topological polar surface area (TPSA) is 38.1 Å². The van der Waals surface area contributed by atoms with E-state index in [0.717, 1.165) is 41.5 Å². The van der Waals surface area contributed by atoms with Crippen LogP contribution in [0.1, 0.15) is 10.6 Å². The van der Waals surface area contributed by atoms with Crippen LogP contribution in [0.3, 0.4) is 0 Å². The fraction of sp³-hybridized carbons (Fsp3) is 0.188. The largest absolute Gasteiger partial charge is 0.463 e. The third-order valence-corrected chi connectivity index (χ3v) is 3.99. The minimum absolute atomic E-state index is 0.202. The van der Waals surface area contributed by atoms with Gasteiger partial charge in [-0.1, -0.05) is 12.1 Å². The number of benzene rings is 1. The van der Waals surface area contributed by atoms with E-state index in [1.165, 1.54) is 12.1 Å². The summed E-state index contributed by atoms with van der Waals surface area (Å²) in [5.41, 5.74) is 1.96. The zero-order valence-corrected chi connectivity index (χ0v) is 12.2. The number of nitrogens with zero attached hydrogens (tertiary/aromatic N) is 1. The van der Waals surface area contributed by atoms with Gasteiger partial charge in [-0.05, 0) is 29.8 Å². The zero-order chi connectivity index (χ0) is 14.5. The monoisotopic (exact) mass is 302 g/mol. The quantitative estimate of drug-likeness (QED) is 0.702. The summed E-state index contributed by atoms with van der Waals surface area (Å²) >= 11 is 1.64. The first-order valence-corrected chi connectivity index (χ1v) is 7.63. The van der Waals surface area contributed by atoms with Crippen molar-refractivity contribution < 1.29 is 8.81 Å². The molecular formula is C16H15FN2OS. The van der Waals surface area contributed by atoms with Gasteiger partial charge in [0.1, 0.15) is 11.5 Å². The van der Waals surface area contributed by atoms with E-state index >= 15 is 0 Å². The number of halogens is 1. The fourth-order valence-electron chi connectivity index (χ4n) is 1.99. The molecule has 0 atom stereocenters. The Bertz CT molecular complexity index is 677. The Morgan fingerprint density at radius 2 is 2.05 bits per heavy atom. The molecule has 0 aliphatic rings. The molecular weight excluding hydrogens is 287 g/mol. The molecule has 0 aliphatic carbocycles. The van der Waals surface area contributed by atoms with Crippen LogP contribution in [0.25, 0.3) is 11.5 Å². The van der Waals surface area contributed by atoms with Crippen LogP contribution in [0.15, 0.2) is 52.5 Å². The van der Waals surface area contributed by atoms with Gasteiger partial charge in [0.05, 0.1) is 11.3 Å². The Morgan fingerprint density at radius 1 is 1.19 bits per heavy atom. The van der Waals surface area contributed by atoms with E-state index in [2.05, 4.69) is 10.3 Å². The van der Waals surface area contributed by atoms with Crippen molar-refractivity contribution in [3.05, 3.63) is 64.4 Å². The maximum absolute atomic E-state index is 12.8. The second-order valence-corrected chi connectivity index (χ2v) is 5.60. The first-order chi connectivity index (χ1) is 10.3. The summed E-state index contributed by atoms with van der Waals surface area (Å²) in [7, 11) is 0. The van der Waals surface area contributed by atoms with Crippen LogP contribution in [-0.4, -0.2) is 11.5 Å². The van der Waals surface area contributed by atoms with Crippen molar-refractivity contribution >= 4 is 11.3 Å². The number of hydrogen-bond acceptors (Lipinski definition) is 4. The molecule has 5 heteroatoms. The lowest BCUT2D eigenvalue weighted by Crippen LogP contribution is -2.16. The van der Waals surface area contributed by atoms with Crippen molar-refractivity contribution in [2.75, 3.05) is 6.54 Å². The highest BCUT2D eigenvalue weighted by Gasteiger charge is 2.06. The zero-order valence-electron chi connectivity index (χ0n) is 11.4. The Balaban J connectivity index is 1.46. The normalized spacial score (nSPS) is 10.9. The predicted molar refractivity (Wildman–Crippen MR) is 81.6 cm³/mol. The molecule has 0 saturated heterocycles. The smallest absolute Gasteiger partial charge is 0.153 e. The highest BCUT2D eigenvalue weighted by molar-refractivity contribution is 7.09.